The maximum Gasteiger partial charge on any atom is 0.416 e. The first-order chi connectivity index (χ1) is 17.5. The summed E-state index contributed by atoms with van der Waals surface area (Å²) in [6.45, 7) is 1.37. The second-order valence-electron chi connectivity index (χ2n) is 8.11. The third kappa shape index (κ3) is 5.34. The zero-order chi connectivity index (χ0) is 26.9. The molecule has 2 aromatic carbocycles. The average molecular weight is 516 g/mol. The standard InChI is InChI=1S/C24H23F3N6O4/c1-13(34)29-19-6-5-15(24(25,26)27)7-20(19)30-22-28-11-14-12-33(23(35)32(2)21(14)31-22)16-8-17(36-3)10-18(9-16)37-4/h5-11H,12H2,1-4H3,(H,29,34)(H,28,30,31). The van der Waals surface area contributed by atoms with Gasteiger partial charge in [-0.15, -0.1) is 0 Å². The number of nitrogens with one attached hydrogen (secondary N) is 2. The van der Waals surface area contributed by atoms with Crippen LogP contribution in [0.3, 0.4) is 0 Å². The van der Waals surface area contributed by atoms with Gasteiger partial charge in [0.2, 0.25) is 11.9 Å². The van der Waals surface area contributed by atoms with Gasteiger partial charge in [-0.3, -0.25) is 14.6 Å². The highest BCUT2D eigenvalue weighted by atomic mass is 19.4. The highest BCUT2D eigenvalue weighted by Crippen LogP contribution is 2.37. The van der Waals surface area contributed by atoms with Gasteiger partial charge in [0.05, 0.1) is 43.4 Å². The average Bonchev–Trinajstić information content (AvgIpc) is 2.86. The Labute approximate surface area is 210 Å². The number of hydrogen-bond donors (Lipinski definition) is 2. The SMILES string of the molecule is COc1cc(OC)cc(N2Cc3cnc(Nc4cc(C(F)(F)F)ccc4NC(C)=O)nc3N(C)C2=O)c1. The van der Waals surface area contributed by atoms with E-state index >= 15 is 0 Å². The lowest BCUT2D eigenvalue weighted by Gasteiger charge is -2.34. The van der Waals surface area contributed by atoms with Crippen LogP contribution in [0.2, 0.25) is 0 Å². The van der Waals surface area contributed by atoms with Gasteiger partial charge >= 0.3 is 12.2 Å². The van der Waals surface area contributed by atoms with Gasteiger partial charge in [0.1, 0.15) is 17.3 Å². The van der Waals surface area contributed by atoms with Crippen molar-refractivity contribution in [1.82, 2.24) is 9.97 Å². The van der Waals surface area contributed by atoms with Gasteiger partial charge in [-0.2, -0.15) is 18.2 Å². The molecule has 194 valence electrons. The molecular weight excluding hydrogens is 493 g/mol. The summed E-state index contributed by atoms with van der Waals surface area (Å²) < 4.78 is 50.4. The van der Waals surface area contributed by atoms with Crippen molar-refractivity contribution < 1.29 is 32.2 Å². The third-order valence-electron chi connectivity index (χ3n) is 5.56. The number of anilines is 5. The number of alkyl halides is 3. The molecule has 1 aromatic heterocycles. The third-order valence-corrected chi connectivity index (χ3v) is 5.56. The number of ether oxygens (including phenoxy) is 2. The lowest BCUT2D eigenvalue weighted by Crippen LogP contribution is -2.46. The summed E-state index contributed by atoms with van der Waals surface area (Å²) in [5.74, 6) is 0.765. The van der Waals surface area contributed by atoms with Gasteiger partial charge in [-0.25, -0.2) is 9.78 Å². The second-order valence-corrected chi connectivity index (χ2v) is 8.11. The van der Waals surface area contributed by atoms with E-state index in [1.165, 1.54) is 44.2 Å². The normalized spacial score (nSPS) is 13.2. The minimum atomic E-state index is -4.60. The fourth-order valence-electron chi connectivity index (χ4n) is 3.76. The van der Waals surface area contributed by atoms with Crippen LogP contribution < -0.4 is 29.9 Å². The van der Waals surface area contributed by atoms with Crippen molar-refractivity contribution in [3.8, 4) is 11.5 Å². The molecule has 0 saturated heterocycles. The van der Waals surface area contributed by atoms with Gasteiger partial charge in [0, 0.05) is 43.9 Å². The molecule has 3 amide bonds. The number of methoxy groups -OCH3 is 2. The predicted molar refractivity (Wildman–Crippen MR) is 131 cm³/mol. The van der Waals surface area contributed by atoms with E-state index in [0.29, 0.717) is 22.7 Å². The molecule has 3 aromatic rings. The maximum atomic E-state index is 13.3. The van der Waals surface area contributed by atoms with E-state index in [2.05, 4.69) is 20.6 Å². The van der Waals surface area contributed by atoms with Crippen LogP contribution >= 0.6 is 0 Å². The van der Waals surface area contributed by atoms with E-state index in [0.717, 1.165) is 18.2 Å². The molecule has 0 saturated carbocycles. The van der Waals surface area contributed by atoms with Gasteiger partial charge in [0.25, 0.3) is 0 Å². The summed E-state index contributed by atoms with van der Waals surface area (Å²) in [5.41, 5.74) is 0.272. The summed E-state index contributed by atoms with van der Waals surface area (Å²) in [7, 11) is 4.53. The highest BCUT2D eigenvalue weighted by Gasteiger charge is 2.33. The first-order valence-corrected chi connectivity index (χ1v) is 10.9. The Bertz CT molecular complexity index is 1340. The summed E-state index contributed by atoms with van der Waals surface area (Å²) in [6, 6.07) is 7.51. The van der Waals surface area contributed by atoms with E-state index in [9.17, 15) is 22.8 Å². The van der Waals surface area contributed by atoms with Crippen molar-refractivity contribution in [1.29, 1.82) is 0 Å². The van der Waals surface area contributed by atoms with E-state index in [4.69, 9.17) is 9.47 Å². The Morgan fingerprint density at radius 1 is 1.05 bits per heavy atom. The Morgan fingerprint density at radius 2 is 1.73 bits per heavy atom. The smallest absolute Gasteiger partial charge is 0.416 e. The van der Waals surface area contributed by atoms with Crippen molar-refractivity contribution in [2.24, 2.45) is 0 Å². The van der Waals surface area contributed by atoms with Crippen LogP contribution in [0, 0.1) is 0 Å². The Morgan fingerprint density at radius 3 is 2.32 bits per heavy atom. The van der Waals surface area contributed by atoms with Crippen LogP contribution in [0.5, 0.6) is 11.5 Å². The number of carbonyl (C=O) groups is 2. The van der Waals surface area contributed by atoms with Crippen LogP contribution in [-0.4, -0.2) is 43.2 Å². The number of nitrogens with zero attached hydrogens (tertiary/aromatic N) is 4. The van der Waals surface area contributed by atoms with E-state index < -0.39 is 23.7 Å². The summed E-state index contributed by atoms with van der Waals surface area (Å²) in [6.07, 6.45) is -3.12. The minimum Gasteiger partial charge on any atom is -0.497 e. The lowest BCUT2D eigenvalue weighted by molar-refractivity contribution is -0.137. The molecule has 2 heterocycles. The zero-order valence-electron chi connectivity index (χ0n) is 20.3. The number of carbonyl (C=O) groups excluding carboxylic acids is 2. The monoisotopic (exact) mass is 516 g/mol. The fourth-order valence-corrected chi connectivity index (χ4v) is 3.76. The molecule has 0 bridgehead atoms. The number of urea groups is 1. The Kier molecular flexibility index (Phi) is 6.79. The molecule has 0 fully saturated rings. The van der Waals surface area contributed by atoms with Crippen molar-refractivity contribution in [2.45, 2.75) is 19.6 Å². The molecule has 1 aliphatic heterocycles. The van der Waals surface area contributed by atoms with Crippen LogP contribution in [0.4, 0.5) is 46.8 Å². The Balaban J connectivity index is 1.67. The molecule has 10 nitrogen and oxygen atoms in total. The van der Waals surface area contributed by atoms with Crippen molar-refractivity contribution in [3.63, 3.8) is 0 Å². The molecule has 37 heavy (non-hydrogen) atoms. The van der Waals surface area contributed by atoms with Crippen molar-refractivity contribution >= 4 is 40.8 Å². The quantitative estimate of drug-likeness (QED) is 0.485. The molecule has 0 radical (unpaired) electrons. The molecule has 0 atom stereocenters. The number of rotatable bonds is 6. The van der Waals surface area contributed by atoms with E-state index in [-0.39, 0.29) is 29.7 Å². The number of fused-ring (bicyclic) bond motifs is 1. The minimum absolute atomic E-state index is 0.0548. The van der Waals surface area contributed by atoms with Crippen LogP contribution in [0.15, 0.2) is 42.6 Å². The zero-order valence-corrected chi connectivity index (χ0v) is 20.3. The molecule has 4 rings (SSSR count). The van der Waals surface area contributed by atoms with Gasteiger partial charge in [-0.05, 0) is 18.2 Å². The Hall–Kier alpha value is -4.55. The van der Waals surface area contributed by atoms with Gasteiger partial charge in [-0.1, -0.05) is 0 Å². The summed E-state index contributed by atoms with van der Waals surface area (Å²) in [5, 5.41) is 5.20. The molecule has 0 unspecified atom stereocenters. The number of amides is 3. The molecular formula is C24H23F3N6O4. The maximum absolute atomic E-state index is 13.3. The molecule has 13 heteroatoms. The van der Waals surface area contributed by atoms with Gasteiger partial charge < -0.3 is 20.1 Å². The number of halogens is 3. The van der Waals surface area contributed by atoms with E-state index in [1.54, 1.807) is 18.2 Å². The topological polar surface area (TPSA) is 109 Å². The van der Waals surface area contributed by atoms with Crippen LogP contribution in [0.25, 0.3) is 0 Å². The number of aromatic nitrogens is 2. The van der Waals surface area contributed by atoms with Crippen molar-refractivity contribution in [2.75, 3.05) is 41.7 Å². The lowest BCUT2D eigenvalue weighted by atomic mass is 10.1. The van der Waals surface area contributed by atoms with Crippen LogP contribution in [-0.2, 0) is 17.5 Å². The summed E-state index contributed by atoms with van der Waals surface area (Å²) in [4.78, 5) is 36.1. The molecule has 0 spiro atoms. The van der Waals surface area contributed by atoms with Gasteiger partial charge in [0.15, 0.2) is 0 Å². The fraction of sp³-hybridized carbons (Fsp3) is 0.250. The van der Waals surface area contributed by atoms with Crippen molar-refractivity contribution in [3.05, 3.63) is 53.7 Å². The molecule has 2 N–H and O–H groups in total. The number of hydrogen-bond acceptors (Lipinski definition) is 7. The molecule has 1 aliphatic rings. The second kappa shape index (κ2) is 9.84. The first-order valence-electron chi connectivity index (χ1n) is 10.9. The molecule has 0 aliphatic carbocycles. The van der Waals surface area contributed by atoms with E-state index in [1.807, 2.05) is 0 Å². The largest absolute Gasteiger partial charge is 0.497 e. The summed E-state index contributed by atoms with van der Waals surface area (Å²) >= 11 is 0. The highest BCUT2D eigenvalue weighted by molar-refractivity contribution is 6.05. The van der Waals surface area contributed by atoms with Crippen LogP contribution in [0.1, 0.15) is 18.1 Å². The first kappa shape index (κ1) is 25.5. The predicted octanol–water partition coefficient (Wildman–Crippen LogP) is 4.79. The number of benzene rings is 2.